The summed E-state index contributed by atoms with van der Waals surface area (Å²) in [5.41, 5.74) is -1.59. The van der Waals surface area contributed by atoms with Gasteiger partial charge in [0.15, 0.2) is 34.9 Å². The van der Waals surface area contributed by atoms with Crippen molar-refractivity contribution >= 4 is 51.7 Å². The molecule has 0 saturated carbocycles. The Morgan fingerprint density at radius 3 is 2.62 bits per heavy atom. The van der Waals surface area contributed by atoms with E-state index in [2.05, 4.69) is 35.6 Å². The summed E-state index contributed by atoms with van der Waals surface area (Å²) in [4.78, 5) is 34.0. The molecule has 208 valence electrons. The van der Waals surface area contributed by atoms with E-state index in [1.54, 1.807) is 14.1 Å². The van der Waals surface area contributed by atoms with Crippen molar-refractivity contribution < 1.29 is 37.3 Å². The highest BCUT2D eigenvalue weighted by molar-refractivity contribution is 6.28. The van der Waals surface area contributed by atoms with Crippen LogP contribution in [-0.2, 0) is 22.3 Å². The first-order chi connectivity index (χ1) is 18.4. The van der Waals surface area contributed by atoms with Crippen LogP contribution in [-0.4, -0.2) is 85.1 Å². The lowest BCUT2D eigenvalue weighted by atomic mass is 10.1. The van der Waals surface area contributed by atoms with Crippen molar-refractivity contribution in [2.75, 3.05) is 31.4 Å². The molecule has 5 rings (SSSR count). The third kappa shape index (κ3) is 4.77. The molecular weight excluding hydrogens is 551 g/mol. The Hall–Kier alpha value is -3.80. The first kappa shape index (κ1) is 26.8. The molecule has 18 heteroatoms. The van der Waals surface area contributed by atoms with Crippen LogP contribution >= 0.6 is 11.6 Å². The van der Waals surface area contributed by atoms with Gasteiger partial charge in [-0.15, -0.1) is 0 Å². The molecule has 4 aromatic heterocycles. The standard InChI is InChI=1S/C21H21ClF3N9O5/c1-26-17(37)13-10(35)11(36)18(38-13)34-6-28-9-14(30-19(22)32-16(9)34)27-5-7-4-8(21(23,24)25)12-15(29-7)31-20(39-12)33(2)3/h4,6,10-11,13,18,35-36H,5H2,1-3H3,(H,26,37)(H,27,30,32)/t10-,11+,13-,18+/m0/s1. The molecule has 1 fully saturated rings. The molecule has 39 heavy (non-hydrogen) atoms. The molecule has 1 aliphatic heterocycles. The number of nitrogens with one attached hydrogen (secondary N) is 2. The fourth-order valence-electron chi connectivity index (χ4n) is 4.07. The highest BCUT2D eigenvalue weighted by Gasteiger charge is 2.47. The number of aliphatic hydroxyl groups excluding tert-OH is 2. The highest BCUT2D eigenvalue weighted by atomic mass is 35.5. The van der Waals surface area contributed by atoms with Gasteiger partial charge in [0, 0.05) is 21.1 Å². The van der Waals surface area contributed by atoms with E-state index in [1.165, 1.54) is 22.8 Å². The van der Waals surface area contributed by atoms with E-state index in [4.69, 9.17) is 20.8 Å². The van der Waals surface area contributed by atoms with E-state index in [0.29, 0.717) is 0 Å². The SMILES string of the molecule is CNC(=O)[C@H]1O[C@@H](n2cnc3c(NCc4cc(C(F)(F)F)c5oc(N(C)C)nc5n4)nc(Cl)nc32)[C@H](O)[C@@H]1O. The molecule has 0 spiro atoms. The average Bonchev–Trinajstić information content (AvgIpc) is 3.57. The number of hydrogen-bond acceptors (Lipinski definition) is 12. The van der Waals surface area contributed by atoms with Crippen molar-refractivity contribution in [3.05, 3.63) is 28.9 Å². The molecule has 4 N–H and O–H groups in total. The minimum absolute atomic E-state index is 0.0261. The van der Waals surface area contributed by atoms with Crippen molar-refractivity contribution in [1.82, 2.24) is 34.8 Å². The highest BCUT2D eigenvalue weighted by Crippen LogP contribution is 2.37. The molecule has 4 atom stereocenters. The second-order valence-corrected chi connectivity index (χ2v) is 9.10. The molecule has 5 heterocycles. The number of anilines is 2. The maximum Gasteiger partial charge on any atom is 0.420 e. The molecule has 1 saturated heterocycles. The number of nitrogens with zero attached hydrogens (tertiary/aromatic N) is 7. The Kier molecular flexibility index (Phi) is 6.69. The Morgan fingerprint density at radius 1 is 1.21 bits per heavy atom. The number of aromatic nitrogens is 6. The van der Waals surface area contributed by atoms with Crippen LogP contribution < -0.4 is 15.5 Å². The van der Waals surface area contributed by atoms with Crippen LogP contribution in [0.5, 0.6) is 0 Å². The minimum Gasteiger partial charge on any atom is -0.421 e. The fraction of sp³-hybridized carbons (Fsp3) is 0.429. The summed E-state index contributed by atoms with van der Waals surface area (Å²) in [6.45, 7) is -0.238. The van der Waals surface area contributed by atoms with E-state index in [0.717, 1.165) is 6.07 Å². The second-order valence-electron chi connectivity index (χ2n) is 8.76. The van der Waals surface area contributed by atoms with Crippen LogP contribution in [0.1, 0.15) is 17.5 Å². The van der Waals surface area contributed by atoms with Crippen LogP contribution in [0.15, 0.2) is 16.8 Å². The van der Waals surface area contributed by atoms with Crippen LogP contribution in [0.4, 0.5) is 25.0 Å². The summed E-state index contributed by atoms with van der Waals surface area (Å²) >= 11 is 6.09. The number of halogens is 4. The van der Waals surface area contributed by atoms with Crippen LogP contribution in [0.25, 0.3) is 22.4 Å². The third-order valence-corrected chi connectivity index (χ3v) is 6.11. The number of ether oxygens (including phenoxy) is 1. The monoisotopic (exact) mass is 571 g/mol. The zero-order valence-corrected chi connectivity index (χ0v) is 21.2. The van der Waals surface area contributed by atoms with E-state index >= 15 is 0 Å². The van der Waals surface area contributed by atoms with E-state index in [1.807, 2.05) is 0 Å². The van der Waals surface area contributed by atoms with Crippen molar-refractivity contribution in [2.45, 2.75) is 37.3 Å². The van der Waals surface area contributed by atoms with Crippen molar-refractivity contribution in [1.29, 1.82) is 0 Å². The first-order valence-corrected chi connectivity index (χ1v) is 11.7. The molecule has 0 bridgehead atoms. The minimum atomic E-state index is -4.73. The molecule has 1 aliphatic rings. The maximum absolute atomic E-state index is 13.8. The largest absolute Gasteiger partial charge is 0.421 e. The maximum atomic E-state index is 13.8. The smallest absolute Gasteiger partial charge is 0.420 e. The van der Waals surface area contributed by atoms with Gasteiger partial charge in [0.2, 0.25) is 10.9 Å². The molecule has 1 amide bonds. The topological polar surface area (TPSA) is 177 Å². The van der Waals surface area contributed by atoms with Gasteiger partial charge in [-0.1, -0.05) is 0 Å². The molecular formula is C21H21ClF3N9O5. The molecule has 14 nitrogen and oxygen atoms in total. The molecule has 0 aliphatic carbocycles. The number of rotatable bonds is 6. The van der Waals surface area contributed by atoms with Gasteiger partial charge in [-0.3, -0.25) is 9.36 Å². The lowest BCUT2D eigenvalue weighted by molar-refractivity contribution is -0.137. The number of alkyl halides is 3. The summed E-state index contributed by atoms with van der Waals surface area (Å²) in [6, 6.07) is 0.796. The van der Waals surface area contributed by atoms with E-state index in [-0.39, 0.29) is 46.2 Å². The average molecular weight is 572 g/mol. The molecule has 0 radical (unpaired) electrons. The van der Waals surface area contributed by atoms with Crippen molar-refractivity contribution in [3.8, 4) is 0 Å². The summed E-state index contributed by atoms with van der Waals surface area (Å²) < 4.78 is 53.4. The number of pyridine rings is 1. The summed E-state index contributed by atoms with van der Waals surface area (Å²) in [6.07, 6.45) is -9.14. The number of fused-ring (bicyclic) bond motifs is 2. The van der Waals surface area contributed by atoms with E-state index < -0.39 is 47.8 Å². The predicted octanol–water partition coefficient (Wildman–Crippen LogP) is 1.08. The van der Waals surface area contributed by atoms with Crippen molar-refractivity contribution in [3.63, 3.8) is 0 Å². The summed E-state index contributed by atoms with van der Waals surface area (Å²) in [5, 5.41) is 25.7. The summed E-state index contributed by atoms with van der Waals surface area (Å²) in [5.74, 6) is -0.597. The van der Waals surface area contributed by atoms with Gasteiger partial charge in [0.25, 0.3) is 11.9 Å². The normalized spacial score (nSPS) is 21.6. The molecule has 0 aromatic carbocycles. The van der Waals surface area contributed by atoms with Gasteiger partial charge >= 0.3 is 6.18 Å². The number of likely N-dealkylation sites (N-methyl/N-ethyl adjacent to an activating group) is 1. The number of aliphatic hydroxyl groups is 2. The Balaban J connectivity index is 1.47. The Bertz CT molecular complexity index is 1560. The number of imidazole rings is 1. The molecule has 0 unspecified atom stereocenters. The lowest BCUT2D eigenvalue weighted by Crippen LogP contribution is -2.41. The summed E-state index contributed by atoms with van der Waals surface area (Å²) in [7, 11) is 4.49. The zero-order chi connectivity index (χ0) is 28.2. The molecule has 4 aromatic rings. The van der Waals surface area contributed by atoms with E-state index in [9.17, 15) is 28.2 Å². The van der Waals surface area contributed by atoms with Gasteiger partial charge in [-0.05, 0) is 17.7 Å². The zero-order valence-electron chi connectivity index (χ0n) is 20.4. The van der Waals surface area contributed by atoms with Crippen LogP contribution in [0.2, 0.25) is 5.28 Å². The number of amides is 1. The second kappa shape index (κ2) is 9.74. The number of oxazole rings is 1. The van der Waals surface area contributed by atoms with Crippen LogP contribution in [0.3, 0.4) is 0 Å². The van der Waals surface area contributed by atoms with Gasteiger partial charge < -0.3 is 34.9 Å². The lowest BCUT2D eigenvalue weighted by Gasteiger charge is -2.16. The quantitative estimate of drug-likeness (QED) is 0.243. The van der Waals surface area contributed by atoms with Gasteiger partial charge in [-0.25, -0.2) is 9.97 Å². The Labute approximate surface area is 221 Å². The van der Waals surface area contributed by atoms with Crippen LogP contribution in [0, 0.1) is 0 Å². The number of carbonyl (C=O) groups excluding carboxylic acids is 1. The van der Waals surface area contributed by atoms with Gasteiger partial charge in [0.1, 0.15) is 17.8 Å². The van der Waals surface area contributed by atoms with Gasteiger partial charge in [0.05, 0.1) is 18.6 Å². The fourth-order valence-corrected chi connectivity index (χ4v) is 4.23. The third-order valence-electron chi connectivity index (χ3n) is 5.94. The number of carbonyl (C=O) groups is 1. The Morgan fingerprint density at radius 2 is 1.95 bits per heavy atom. The van der Waals surface area contributed by atoms with Crippen molar-refractivity contribution in [2.24, 2.45) is 0 Å². The number of hydrogen-bond donors (Lipinski definition) is 4. The predicted molar refractivity (Wildman–Crippen MR) is 129 cm³/mol. The first-order valence-electron chi connectivity index (χ1n) is 11.3. The van der Waals surface area contributed by atoms with Gasteiger partial charge in [-0.2, -0.15) is 28.1 Å².